The third-order valence-corrected chi connectivity index (χ3v) is 4.32. The highest BCUT2D eigenvalue weighted by molar-refractivity contribution is 6.30. The van der Waals surface area contributed by atoms with Crippen LogP contribution in [-0.4, -0.2) is 31.0 Å². The molecule has 4 nitrogen and oxygen atoms in total. The first-order chi connectivity index (χ1) is 11.6. The second-order valence-electron chi connectivity index (χ2n) is 6.09. The highest BCUT2D eigenvalue weighted by atomic mass is 35.5. The number of carbonyl (C=O) groups excluding carboxylic acids is 1. The van der Waals surface area contributed by atoms with E-state index in [4.69, 9.17) is 16.3 Å². The minimum Gasteiger partial charge on any atom is -0.493 e. The lowest BCUT2D eigenvalue weighted by molar-refractivity contribution is -0.123. The van der Waals surface area contributed by atoms with E-state index >= 15 is 0 Å². The van der Waals surface area contributed by atoms with E-state index in [1.807, 2.05) is 60.5 Å². The summed E-state index contributed by atoms with van der Waals surface area (Å²) in [5.41, 5.74) is 2.18. The van der Waals surface area contributed by atoms with Gasteiger partial charge in [-0.1, -0.05) is 41.9 Å². The molecule has 0 fully saturated rings. The van der Waals surface area contributed by atoms with E-state index < -0.39 is 0 Å². The van der Waals surface area contributed by atoms with Gasteiger partial charge in [0.25, 0.3) is 0 Å². The lowest BCUT2D eigenvalue weighted by atomic mass is 10.0. The molecule has 2 aromatic carbocycles. The number of rotatable bonds is 5. The van der Waals surface area contributed by atoms with E-state index in [1.54, 1.807) is 0 Å². The Morgan fingerprint density at radius 2 is 2.00 bits per heavy atom. The van der Waals surface area contributed by atoms with Crippen molar-refractivity contribution in [2.75, 3.05) is 20.2 Å². The Morgan fingerprint density at radius 3 is 2.79 bits per heavy atom. The van der Waals surface area contributed by atoms with Crippen LogP contribution in [0.3, 0.4) is 0 Å². The van der Waals surface area contributed by atoms with Crippen molar-refractivity contribution in [3.63, 3.8) is 0 Å². The fourth-order valence-corrected chi connectivity index (χ4v) is 3.06. The largest absolute Gasteiger partial charge is 0.493 e. The Kier molecular flexibility index (Phi) is 5.38. The number of halogens is 1. The van der Waals surface area contributed by atoms with Crippen molar-refractivity contribution in [1.29, 1.82) is 0 Å². The first kappa shape index (κ1) is 16.8. The van der Waals surface area contributed by atoms with Crippen LogP contribution in [0, 0.1) is 0 Å². The van der Waals surface area contributed by atoms with Crippen LogP contribution in [-0.2, 0) is 11.3 Å². The van der Waals surface area contributed by atoms with Crippen LogP contribution in [0.1, 0.15) is 23.6 Å². The maximum absolute atomic E-state index is 12.4. The maximum Gasteiger partial charge on any atom is 0.234 e. The molecule has 0 spiro atoms. The van der Waals surface area contributed by atoms with Crippen LogP contribution in [0.4, 0.5) is 0 Å². The number of carbonyl (C=O) groups is 1. The maximum atomic E-state index is 12.4. The predicted octanol–water partition coefficient (Wildman–Crippen LogP) is 3.41. The molecule has 0 radical (unpaired) electrons. The van der Waals surface area contributed by atoms with Crippen LogP contribution in [0.5, 0.6) is 5.75 Å². The van der Waals surface area contributed by atoms with Crippen molar-refractivity contribution < 1.29 is 9.53 Å². The van der Waals surface area contributed by atoms with E-state index in [0.29, 0.717) is 19.7 Å². The van der Waals surface area contributed by atoms with Crippen LogP contribution < -0.4 is 10.1 Å². The molecule has 1 amide bonds. The Hall–Kier alpha value is -2.04. The summed E-state index contributed by atoms with van der Waals surface area (Å²) in [6.07, 6.45) is 0.795. The topological polar surface area (TPSA) is 41.6 Å². The molecule has 126 valence electrons. The molecule has 0 unspecified atom stereocenters. The summed E-state index contributed by atoms with van der Waals surface area (Å²) in [6.45, 7) is 1.68. The van der Waals surface area contributed by atoms with Gasteiger partial charge in [-0.2, -0.15) is 0 Å². The first-order valence-corrected chi connectivity index (χ1v) is 8.43. The number of fused-ring (bicyclic) bond motifs is 1. The number of para-hydroxylation sites is 1. The number of hydrogen-bond donors (Lipinski definition) is 1. The molecular weight excluding hydrogens is 324 g/mol. The standard InChI is InChI=1S/C19H21ClN2O2/c1-22(12-14-6-8-15(20)9-7-14)13-19(23)21-17-10-11-24-18-5-3-2-4-16(17)18/h2-9,17H,10-13H2,1H3,(H,21,23)/t17-/m0/s1. The van der Waals surface area contributed by atoms with Gasteiger partial charge in [-0.25, -0.2) is 0 Å². The summed E-state index contributed by atoms with van der Waals surface area (Å²) < 4.78 is 5.63. The molecule has 24 heavy (non-hydrogen) atoms. The molecule has 3 rings (SSSR count). The van der Waals surface area contributed by atoms with Crippen LogP contribution >= 0.6 is 11.6 Å². The van der Waals surface area contributed by atoms with Crippen molar-refractivity contribution >= 4 is 17.5 Å². The molecule has 1 aliphatic rings. The number of nitrogens with zero attached hydrogens (tertiary/aromatic N) is 1. The van der Waals surface area contributed by atoms with Crippen LogP contribution in [0.25, 0.3) is 0 Å². The van der Waals surface area contributed by atoms with Crippen molar-refractivity contribution in [1.82, 2.24) is 10.2 Å². The van der Waals surface area contributed by atoms with Gasteiger partial charge in [0, 0.05) is 23.6 Å². The fraction of sp³-hybridized carbons (Fsp3) is 0.316. The minimum absolute atomic E-state index is 0.0198. The number of hydrogen-bond acceptors (Lipinski definition) is 3. The van der Waals surface area contributed by atoms with Gasteiger partial charge in [-0.15, -0.1) is 0 Å². The molecule has 0 aromatic heterocycles. The van der Waals surface area contributed by atoms with Gasteiger partial charge in [0.1, 0.15) is 5.75 Å². The summed E-state index contributed by atoms with van der Waals surface area (Å²) in [5, 5.41) is 3.84. The summed E-state index contributed by atoms with van der Waals surface area (Å²) in [6, 6.07) is 15.6. The Bertz CT molecular complexity index is 703. The molecule has 1 heterocycles. The van der Waals surface area contributed by atoms with E-state index in [0.717, 1.165) is 28.3 Å². The second-order valence-corrected chi connectivity index (χ2v) is 6.53. The SMILES string of the molecule is CN(CC(=O)N[C@H]1CCOc2ccccc21)Cc1ccc(Cl)cc1. The predicted molar refractivity (Wildman–Crippen MR) is 95.2 cm³/mol. The number of likely N-dealkylation sites (N-methyl/N-ethyl adjacent to an activating group) is 1. The van der Waals surface area contributed by atoms with Gasteiger partial charge < -0.3 is 10.1 Å². The van der Waals surface area contributed by atoms with Gasteiger partial charge in [0.2, 0.25) is 5.91 Å². The van der Waals surface area contributed by atoms with Gasteiger partial charge >= 0.3 is 0 Å². The number of amides is 1. The van der Waals surface area contributed by atoms with E-state index in [9.17, 15) is 4.79 Å². The smallest absolute Gasteiger partial charge is 0.234 e. The first-order valence-electron chi connectivity index (χ1n) is 8.06. The molecule has 0 saturated heterocycles. The van der Waals surface area contributed by atoms with Gasteiger partial charge in [-0.3, -0.25) is 9.69 Å². The van der Waals surface area contributed by atoms with Gasteiger partial charge in [0.05, 0.1) is 19.2 Å². The normalized spacial score (nSPS) is 16.4. The monoisotopic (exact) mass is 344 g/mol. The third kappa shape index (κ3) is 4.28. The molecule has 2 aromatic rings. The molecular formula is C19H21ClN2O2. The molecule has 1 aliphatic heterocycles. The van der Waals surface area contributed by atoms with Crippen molar-refractivity contribution in [3.05, 3.63) is 64.7 Å². The summed E-state index contributed by atoms with van der Waals surface area (Å²) >= 11 is 5.89. The third-order valence-electron chi connectivity index (χ3n) is 4.07. The minimum atomic E-state index is 0.0198. The number of ether oxygens (including phenoxy) is 1. The van der Waals surface area contributed by atoms with Crippen molar-refractivity contribution in [2.45, 2.75) is 19.0 Å². The molecule has 1 N–H and O–H groups in total. The highest BCUT2D eigenvalue weighted by Gasteiger charge is 2.22. The van der Waals surface area contributed by atoms with Crippen molar-refractivity contribution in [3.8, 4) is 5.75 Å². The quantitative estimate of drug-likeness (QED) is 0.903. The van der Waals surface area contributed by atoms with E-state index in [-0.39, 0.29) is 11.9 Å². The fourth-order valence-electron chi connectivity index (χ4n) is 2.93. The zero-order valence-electron chi connectivity index (χ0n) is 13.7. The zero-order chi connectivity index (χ0) is 16.9. The van der Waals surface area contributed by atoms with Gasteiger partial charge in [0.15, 0.2) is 0 Å². The molecule has 1 atom stereocenters. The van der Waals surface area contributed by atoms with Crippen LogP contribution in [0.15, 0.2) is 48.5 Å². The lowest BCUT2D eigenvalue weighted by Crippen LogP contribution is -2.38. The second kappa shape index (κ2) is 7.69. The summed E-state index contributed by atoms with van der Waals surface area (Å²) in [7, 11) is 1.94. The number of benzene rings is 2. The Morgan fingerprint density at radius 1 is 1.25 bits per heavy atom. The Labute approximate surface area is 147 Å². The number of nitrogens with one attached hydrogen (secondary N) is 1. The summed E-state index contributed by atoms with van der Waals surface area (Å²) in [5.74, 6) is 0.886. The zero-order valence-corrected chi connectivity index (χ0v) is 14.4. The average Bonchev–Trinajstić information content (AvgIpc) is 2.57. The molecule has 0 saturated carbocycles. The van der Waals surface area contributed by atoms with Crippen molar-refractivity contribution in [2.24, 2.45) is 0 Å². The summed E-state index contributed by atoms with van der Waals surface area (Å²) in [4.78, 5) is 14.4. The van der Waals surface area contributed by atoms with Gasteiger partial charge in [-0.05, 0) is 30.8 Å². The highest BCUT2D eigenvalue weighted by Crippen LogP contribution is 2.31. The average molecular weight is 345 g/mol. The molecule has 5 heteroatoms. The molecule has 0 aliphatic carbocycles. The lowest BCUT2D eigenvalue weighted by Gasteiger charge is -2.27. The van der Waals surface area contributed by atoms with E-state index in [2.05, 4.69) is 5.32 Å². The van der Waals surface area contributed by atoms with Crippen LogP contribution in [0.2, 0.25) is 5.02 Å². The van der Waals surface area contributed by atoms with E-state index in [1.165, 1.54) is 0 Å². The molecule has 0 bridgehead atoms. The Balaban J connectivity index is 1.55.